The van der Waals surface area contributed by atoms with Crippen LogP contribution in [0.15, 0.2) is 76.5 Å². The second kappa shape index (κ2) is 8.90. The second-order valence-corrected chi connectivity index (χ2v) is 9.03. The number of furan rings is 1. The Hall–Kier alpha value is -4.57. The Balaban J connectivity index is 1.48. The van der Waals surface area contributed by atoms with Crippen LogP contribution in [0.25, 0.3) is 11.0 Å². The van der Waals surface area contributed by atoms with Gasteiger partial charge in [-0.05, 0) is 48.2 Å². The number of halogens is 1. The van der Waals surface area contributed by atoms with Crippen LogP contribution in [0.2, 0.25) is 0 Å². The molecule has 1 aliphatic heterocycles. The molecule has 0 saturated carbocycles. The number of aryl methyl sites for hydroxylation is 1. The summed E-state index contributed by atoms with van der Waals surface area (Å²) < 4.78 is 30.5. The van der Waals surface area contributed by atoms with Gasteiger partial charge in [0.2, 0.25) is 11.6 Å². The van der Waals surface area contributed by atoms with Crippen LogP contribution in [0.5, 0.6) is 11.5 Å². The molecule has 0 saturated heterocycles. The van der Waals surface area contributed by atoms with Crippen LogP contribution >= 0.6 is 0 Å². The van der Waals surface area contributed by atoms with Gasteiger partial charge in [-0.1, -0.05) is 44.2 Å². The van der Waals surface area contributed by atoms with Crippen LogP contribution < -0.4 is 15.2 Å². The Morgan fingerprint density at radius 2 is 1.86 bits per heavy atom. The van der Waals surface area contributed by atoms with E-state index in [0.29, 0.717) is 33.8 Å². The summed E-state index contributed by atoms with van der Waals surface area (Å²) in [6.45, 7) is 5.90. The first-order valence-corrected chi connectivity index (χ1v) is 11.5. The molecule has 1 atom stereocenters. The second-order valence-electron chi connectivity index (χ2n) is 9.03. The highest BCUT2D eigenvalue weighted by atomic mass is 19.1. The lowest BCUT2D eigenvalue weighted by molar-refractivity contribution is 0.0702. The first-order valence-electron chi connectivity index (χ1n) is 11.5. The van der Waals surface area contributed by atoms with Crippen LogP contribution in [-0.2, 0) is 0 Å². The molecule has 0 spiro atoms. The normalized spacial score (nSPS) is 14.9. The van der Waals surface area contributed by atoms with E-state index in [1.807, 2.05) is 24.3 Å². The highest BCUT2D eigenvalue weighted by molar-refractivity contribution is 5.96. The summed E-state index contributed by atoms with van der Waals surface area (Å²) in [5.41, 5.74) is 10.1. The molecule has 36 heavy (non-hydrogen) atoms. The minimum absolute atomic E-state index is 0.00145. The zero-order chi connectivity index (χ0) is 25.6. The molecular weight excluding hydrogens is 459 g/mol. The molecule has 1 aromatic heterocycles. The van der Waals surface area contributed by atoms with Crippen LogP contribution in [0.1, 0.15) is 58.5 Å². The first-order chi connectivity index (χ1) is 17.3. The van der Waals surface area contributed by atoms with E-state index in [-0.39, 0.29) is 17.4 Å². The lowest BCUT2D eigenvalue weighted by Gasteiger charge is -2.27. The monoisotopic (exact) mass is 482 g/mol. The largest absolute Gasteiger partial charge is 0.449 e. The van der Waals surface area contributed by atoms with Crippen molar-refractivity contribution in [3.63, 3.8) is 0 Å². The maximum Gasteiger partial charge on any atom is 0.379 e. The van der Waals surface area contributed by atoms with Crippen LogP contribution in [-0.4, -0.2) is 5.97 Å². The van der Waals surface area contributed by atoms with Gasteiger partial charge in [0.15, 0.2) is 0 Å². The fourth-order valence-electron chi connectivity index (χ4n) is 4.46. The third kappa shape index (κ3) is 3.97. The molecule has 0 bridgehead atoms. The van der Waals surface area contributed by atoms with Crippen LogP contribution in [0.3, 0.4) is 0 Å². The number of hydrogen-bond donors (Lipinski definition) is 1. The molecule has 2 N–H and O–H groups in total. The Morgan fingerprint density at radius 3 is 2.56 bits per heavy atom. The van der Waals surface area contributed by atoms with Crippen LogP contribution in [0, 0.1) is 24.1 Å². The number of carbonyl (C=O) groups excluding carboxylic acids is 1. The van der Waals surface area contributed by atoms with Crippen molar-refractivity contribution in [2.45, 2.75) is 32.6 Å². The maximum absolute atomic E-state index is 13.6. The van der Waals surface area contributed by atoms with Gasteiger partial charge < -0.3 is 19.6 Å². The number of benzene rings is 3. The third-order valence-electron chi connectivity index (χ3n) is 6.42. The molecule has 4 aromatic rings. The molecule has 1 unspecified atom stereocenters. The number of ether oxygens (including phenoxy) is 2. The van der Waals surface area contributed by atoms with E-state index < -0.39 is 17.7 Å². The number of nitrogens with two attached hydrogens (primary N) is 1. The standard InChI is InChI=1S/C29H23FN2O4/c1-15(2)17-4-6-18(7-5-17)26-21-10-9-20(13-25(21)36-28(32)23(26)14-31)34-29(33)27-16(3)22-12-19(30)8-11-24(22)35-27/h4-13,15,26H,32H2,1-3H3. The highest BCUT2D eigenvalue weighted by Crippen LogP contribution is 2.43. The van der Waals surface area contributed by atoms with Gasteiger partial charge in [0.1, 0.15) is 34.5 Å². The van der Waals surface area contributed by atoms with E-state index in [1.165, 1.54) is 23.8 Å². The molecular formula is C29H23FN2O4. The van der Waals surface area contributed by atoms with Crippen molar-refractivity contribution in [2.75, 3.05) is 0 Å². The summed E-state index contributed by atoms with van der Waals surface area (Å²) in [4.78, 5) is 12.9. The molecule has 1 aliphatic rings. The van der Waals surface area contributed by atoms with E-state index in [0.717, 1.165) is 11.1 Å². The summed E-state index contributed by atoms with van der Waals surface area (Å²) >= 11 is 0. The molecule has 7 heteroatoms. The van der Waals surface area contributed by atoms with Gasteiger partial charge in [-0.15, -0.1) is 0 Å². The smallest absolute Gasteiger partial charge is 0.379 e. The Morgan fingerprint density at radius 1 is 1.11 bits per heavy atom. The predicted octanol–water partition coefficient (Wildman–Crippen LogP) is 6.44. The topological polar surface area (TPSA) is 98.5 Å². The van der Waals surface area contributed by atoms with E-state index in [9.17, 15) is 14.4 Å². The maximum atomic E-state index is 13.6. The average Bonchev–Trinajstić information content (AvgIpc) is 3.19. The minimum atomic E-state index is -0.720. The van der Waals surface area contributed by atoms with Gasteiger partial charge in [-0.25, -0.2) is 9.18 Å². The number of rotatable bonds is 4. The molecule has 2 heterocycles. The minimum Gasteiger partial charge on any atom is -0.449 e. The number of allylic oxidation sites excluding steroid dienone is 1. The fraction of sp³-hybridized carbons (Fsp3) is 0.172. The first kappa shape index (κ1) is 23.2. The van der Waals surface area contributed by atoms with Gasteiger partial charge in [0.05, 0.1) is 5.92 Å². The van der Waals surface area contributed by atoms with Crippen molar-refractivity contribution in [3.05, 3.63) is 106 Å². The molecule has 180 valence electrons. The predicted molar refractivity (Wildman–Crippen MR) is 132 cm³/mol. The quantitative estimate of drug-likeness (QED) is 0.265. The van der Waals surface area contributed by atoms with Gasteiger partial charge in [0.25, 0.3) is 0 Å². The number of esters is 1. The molecule has 5 rings (SSSR count). The molecule has 0 radical (unpaired) electrons. The lowest BCUT2D eigenvalue weighted by Crippen LogP contribution is -2.21. The van der Waals surface area contributed by atoms with Crippen molar-refractivity contribution in [2.24, 2.45) is 5.73 Å². The fourth-order valence-corrected chi connectivity index (χ4v) is 4.46. The summed E-state index contributed by atoms with van der Waals surface area (Å²) in [6.07, 6.45) is 0. The SMILES string of the molecule is Cc1c(C(=O)Oc2ccc3c(c2)OC(N)=C(C#N)C3c2ccc(C(C)C)cc2)oc2ccc(F)cc12. The number of carbonyl (C=O) groups is 1. The van der Waals surface area contributed by atoms with E-state index in [1.54, 1.807) is 25.1 Å². The third-order valence-corrected chi connectivity index (χ3v) is 6.42. The highest BCUT2D eigenvalue weighted by Gasteiger charge is 2.31. The molecule has 6 nitrogen and oxygen atoms in total. The molecule has 0 fully saturated rings. The van der Waals surface area contributed by atoms with Crippen LogP contribution in [0.4, 0.5) is 4.39 Å². The Labute approximate surface area is 207 Å². The van der Waals surface area contributed by atoms with Gasteiger partial charge in [-0.3, -0.25) is 0 Å². The van der Waals surface area contributed by atoms with E-state index in [2.05, 4.69) is 19.9 Å². The number of fused-ring (bicyclic) bond motifs is 2. The lowest BCUT2D eigenvalue weighted by atomic mass is 9.83. The summed E-state index contributed by atoms with van der Waals surface area (Å²) in [6, 6.07) is 19.2. The van der Waals surface area contributed by atoms with Crippen molar-refractivity contribution in [1.29, 1.82) is 5.26 Å². The van der Waals surface area contributed by atoms with E-state index >= 15 is 0 Å². The Bertz CT molecular complexity index is 1580. The van der Waals surface area contributed by atoms with Gasteiger partial charge in [-0.2, -0.15) is 5.26 Å². The Kier molecular flexibility index (Phi) is 5.73. The molecule has 0 amide bonds. The van der Waals surface area contributed by atoms with Crippen molar-refractivity contribution in [1.82, 2.24) is 0 Å². The zero-order valence-corrected chi connectivity index (χ0v) is 20.0. The number of hydrogen-bond acceptors (Lipinski definition) is 6. The van der Waals surface area contributed by atoms with Crippen molar-refractivity contribution < 1.29 is 23.1 Å². The van der Waals surface area contributed by atoms with Gasteiger partial charge in [0, 0.05) is 22.6 Å². The summed E-state index contributed by atoms with van der Waals surface area (Å²) in [7, 11) is 0. The number of nitriles is 1. The van der Waals surface area contributed by atoms with E-state index in [4.69, 9.17) is 19.6 Å². The molecule has 0 aliphatic carbocycles. The summed E-state index contributed by atoms with van der Waals surface area (Å²) in [5.74, 6) is -0.591. The zero-order valence-electron chi connectivity index (χ0n) is 20.0. The van der Waals surface area contributed by atoms with Gasteiger partial charge >= 0.3 is 5.97 Å². The van der Waals surface area contributed by atoms with Crippen molar-refractivity contribution >= 4 is 16.9 Å². The summed E-state index contributed by atoms with van der Waals surface area (Å²) in [5, 5.41) is 10.3. The average molecular weight is 483 g/mol. The van der Waals surface area contributed by atoms with Crippen molar-refractivity contribution in [3.8, 4) is 17.6 Å². The molecule has 3 aromatic carbocycles. The number of nitrogens with zero attached hydrogens (tertiary/aromatic N) is 1.